The molecule has 0 bridgehead atoms. The van der Waals surface area contributed by atoms with Crippen molar-refractivity contribution < 1.29 is 26.7 Å². The minimum absolute atomic E-state index is 0.0309. The molecule has 41 heavy (non-hydrogen) atoms. The molecular formula is C30H26F2N4O4S. The Labute approximate surface area is 235 Å². The van der Waals surface area contributed by atoms with Gasteiger partial charge in [0.15, 0.2) is 23.2 Å². The second kappa shape index (κ2) is 9.84. The zero-order valence-corrected chi connectivity index (χ0v) is 23.1. The Morgan fingerprint density at radius 1 is 1.05 bits per heavy atom. The van der Waals surface area contributed by atoms with E-state index in [9.17, 15) is 17.6 Å². The van der Waals surface area contributed by atoms with Crippen LogP contribution < -0.4 is 14.8 Å². The summed E-state index contributed by atoms with van der Waals surface area (Å²) in [4.78, 5) is 13.5. The first-order valence-corrected chi connectivity index (χ1v) is 14.6. The van der Waals surface area contributed by atoms with Gasteiger partial charge in [-0.05, 0) is 78.9 Å². The number of halogens is 2. The smallest absolute Gasteiger partial charge is 0.235 e. The van der Waals surface area contributed by atoms with Crippen LogP contribution >= 0.6 is 0 Å². The highest BCUT2D eigenvalue weighted by molar-refractivity contribution is 7.93. The number of Topliss-reactive ketones (excluding diaryl/α,β-unsaturated/α-hetero) is 1. The van der Waals surface area contributed by atoms with E-state index in [4.69, 9.17) is 10.5 Å². The van der Waals surface area contributed by atoms with Crippen LogP contribution in [0.2, 0.25) is 0 Å². The van der Waals surface area contributed by atoms with Gasteiger partial charge in [0.05, 0.1) is 23.2 Å². The Bertz CT molecular complexity index is 1860. The third-order valence-electron chi connectivity index (χ3n) is 7.38. The number of aryl methyl sites for hydroxylation is 2. The average molecular weight is 577 g/mol. The summed E-state index contributed by atoms with van der Waals surface area (Å²) in [7, 11) is -3.34. The van der Waals surface area contributed by atoms with Crippen molar-refractivity contribution in [3.63, 3.8) is 0 Å². The largest absolute Gasteiger partial charge is 0.454 e. The SMILES string of the molecule is Cc1cc2c(cc1N1CCCS1(=O)=O)CC(C(=O)c1cnn(-c3c(C)cc(Oc4ccccc4F)cc3F)c1N)=C2. The Morgan fingerprint density at radius 3 is 2.54 bits per heavy atom. The first-order valence-electron chi connectivity index (χ1n) is 13.0. The fourth-order valence-electron chi connectivity index (χ4n) is 5.39. The quantitative estimate of drug-likeness (QED) is 0.304. The average Bonchev–Trinajstić information content (AvgIpc) is 3.60. The highest BCUT2D eigenvalue weighted by atomic mass is 32.2. The molecule has 2 heterocycles. The molecular weight excluding hydrogens is 550 g/mol. The maximum atomic E-state index is 15.3. The Morgan fingerprint density at radius 2 is 1.83 bits per heavy atom. The lowest BCUT2D eigenvalue weighted by Gasteiger charge is -2.20. The lowest BCUT2D eigenvalue weighted by atomic mass is 10.0. The van der Waals surface area contributed by atoms with Gasteiger partial charge in [0.2, 0.25) is 10.0 Å². The number of sulfonamides is 1. The van der Waals surface area contributed by atoms with Crippen molar-refractivity contribution in [1.82, 2.24) is 9.78 Å². The predicted octanol–water partition coefficient (Wildman–Crippen LogP) is 5.50. The second-order valence-corrected chi connectivity index (χ2v) is 12.2. The predicted molar refractivity (Wildman–Crippen MR) is 152 cm³/mol. The first kappa shape index (κ1) is 26.7. The van der Waals surface area contributed by atoms with Crippen LogP contribution in [-0.2, 0) is 16.4 Å². The van der Waals surface area contributed by atoms with Crippen molar-refractivity contribution in [3.05, 3.63) is 99.8 Å². The van der Waals surface area contributed by atoms with Gasteiger partial charge in [-0.3, -0.25) is 9.10 Å². The first-order chi connectivity index (χ1) is 19.5. The monoisotopic (exact) mass is 576 g/mol. The maximum absolute atomic E-state index is 15.3. The van der Waals surface area contributed by atoms with Crippen LogP contribution in [0.3, 0.4) is 0 Å². The number of aromatic nitrogens is 2. The molecule has 6 rings (SSSR count). The van der Waals surface area contributed by atoms with E-state index < -0.39 is 21.7 Å². The van der Waals surface area contributed by atoms with E-state index >= 15 is 4.39 Å². The zero-order valence-electron chi connectivity index (χ0n) is 22.3. The van der Waals surface area contributed by atoms with Crippen LogP contribution in [0.4, 0.5) is 20.3 Å². The fraction of sp³-hybridized carbons (Fsp3) is 0.200. The Balaban J connectivity index is 1.26. The van der Waals surface area contributed by atoms with Crippen LogP contribution in [-0.4, -0.2) is 36.3 Å². The van der Waals surface area contributed by atoms with Crippen molar-refractivity contribution in [2.24, 2.45) is 0 Å². The summed E-state index contributed by atoms with van der Waals surface area (Å²) in [6.45, 7) is 3.91. The summed E-state index contributed by atoms with van der Waals surface area (Å²) in [6, 6.07) is 12.2. The zero-order chi connectivity index (χ0) is 29.1. The van der Waals surface area contributed by atoms with E-state index in [1.807, 2.05) is 19.1 Å². The minimum atomic E-state index is -3.34. The van der Waals surface area contributed by atoms with Gasteiger partial charge < -0.3 is 10.5 Å². The minimum Gasteiger partial charge on any atom is -0.454 e. The number of allylic oxidation sites excluding steroid dienone is 1. The number of ether oxygens (including phenoxy) is 1. The summed E-state index contributed by atoms with van der Waals surface area (Å²) in [5.41, 5.74) is 10.5. The molecule has 0 radical (unpaired) electrons. The van der Waals surface area contributed by atoms with Gasteiger partial charge in [0.1, 0.15) is 17.3 Å². The van der Waals surface area contributed by atoms with E-state index in [2.05, 4.69) is 5.10 Å². The van der Waals surface area contributed by atoms with E-state index in [1.54, 1.807) is 19.1 Å². The fourth-order valence-corrected chi connectivity index (χ4v) is 7.01. The summed E-state index contributed by atoms with van der Waals surface area (Å²) in [5, 5.41) is 4.20. The third kappa shape index (κ3) is 4.65. The number of hydrogen-bond donors (Lipinski definition) is 1. The molecule has 1 aliphatic carbocycles. The molecule has 2 aliphatic rings. The van der Waals surface area contributed by atoms with Crippen LogP contribution in [0, 0.1) is 25.5 Å². The van der Waals surface area contributed by atoms with Gasteiger partial charge >= 0.3 is 0 Å². The van der Waals surface area contributed by atoms with Crippen molar-refractivity contribution in [2.45, 2.75) is 26.7 Å². The maximum Gasteiger partial charge on any atom is 0.235 e. The Hall–Kier alpha value is -4.51. The lowest BCUT2D eigenvalue weighted by Crippen LogP contribution is -2.26. The van der Waals surface area contributed by atoms with Gasteiger partial charge in [-0.2, -0.15) is 5.10 Å². The van der Waals surface area contributed by atoms with Crippen molar-refractivity contribution in [2.75, 3.05) is 22.3 Å². The van der Waals surface area contributed by atoms with Crippen molar-refractivity contribution in [1.29, 1.82) is 0 Å². The molecule has 0 saturated carbocycles. The number of rotatable bonds is 6. The number of carbonyl (C=O) groups excluding carboxylic acids is 1. The second-order valence-electron chi connectivity index (χ2n) is 10.2. The summed E-state index contributed by atoms with van der Waals surface area (Å²) in [5.74, 6) is -1.49. The molecule has 8 nitrogen and oxygen atoms in total. The molecule has 3 aromatic carbocycles. The van der Waals surface area contributed by atoms with Crippen LogP contribution in [0.25, 0.3) is 11.8 Å². The molecule has 1 aromatic heterocycles. The number of fused-ring (bicyclic) bond motifs is 1. The van der Waals surface area contributed by atoms with Crippen molar-refractivity contribution >= 4 is 33.4 Å². The van der Waals surface area contributed by atoms with Gasteiger partial charge in [-0.15, -0.1) is 0 Å². The van der Waals surface area contributed by atoms with Gasteiger partial charge in [0, 0.05) is 24.6 Å². The number of nitrogen functional groups attached to an aromatic ring is 1. The van der Waals surface area contributed by atoms with Gasteiger partial charge in [-0.25, -0.2) is 21.9 Å². The number of hydrogen-bond acceptors (Lipinski definition) is 6. The highest BCUT2D eigenvalue weighted by Crippen LogP contribution is 2.37. The molecule has 0 unspecified atom stereocenters. The molecule has 0 amide bonds. The molecule has 210 valence electrons. The summed E-state index contributed by atoms with van der Waals surface area (Å²) in [6.07, 6.45) is 3.95. The van der Waals surface area contributed by atoms with Crippen molar-refractivity contribution in [3.8, 4) is 17.2 Å². The third-order valence-corrected chi connectivity index (χ3v) is 9.24. The number of nitrogens with zero attached hydrogens (tertiary/aromatic N) is 3. The van der Waals surface area contributed by atoms with Crippen LogP contribution in [0.15, 0.2) is 60.3 Å². The standard InChI is InChI=1S/C30H26F2N4O4S/c1-17-10-19-12-21(13-20(19)14-26(17)35-8-5-9-41(35,38)39)29(37)23-16-34-36(30(23)33)28-18(2)11-22(15-25(28)32)40-27-7-4-3-6-24(27)31/h3-4,6-7,10-12,14-16H,5,8-9,13,33H2,1-2H3. The highest BCUT2D eigenvalue weighted by Gasteiger charge is 2.31. The number of carbonyl (C=O) groups is 1. The Kier molecular flexibility index (Phi) is 6.41. The molecule has 1 saturated heterocycles. The molecule has 0 atom stereocenters. The molecule has 0 spiro atoms. The number of nitrogens with two attached hydrogens (primary N) is 1. The van der Waals surface area contributed by atoms with Gasteiger partial charge in [0.25, 0.3) is 0 Å². The van der Waals surface area contributed by atoms with E-state index in [0.717, 1.165) is 27.4 Å². The molecule has 1 aliphatic heterocycles. The van der Waals surface area contributed by atoms with Crippen LogP contribution in [0.5, 0.6) is 11.5 Å². The molecule has 1 fully saturated rings. The van der Waals surface area contributed by atoms with E-state index in [1.165, 1.54) is 34.8 Å². The van der Waals surface area contributed by atoms with Gasteiger partial charge in [-0.1, -0.05) is 12.1 Å². The topological polar surface area (TPSA) is 108 Å². The lowest BCUT2D eigenvalue weighted by molar-refractivity contribution is 0.103. The van der Waals surface area contributed by atoms with E-state index in [0.29, 0.717) is 36.2 Å². The molecule has 11 heteroatoms. The number of ketones is 1. The number of para-hydroxylation sites is 1. The molecule has 2 N–H and O–H groups in total. The normalized spacial score (nSPS) is 15.6. The van der Waals surface area contributed by atoms with Crippen LogP contribution in [0.1, 0.15) is 39.0 Å². The number of anilines is 2. The molecule has 4 aromatic rings. The number of benzene rings is 3. The summed E-state index contributed by atoms with van der Waals surface area (Å²) >= 11 is 0. The summed E-state index contributed by atoms with van der Waals surface area (Å²) < 4.78 is 62.4. The van der Waals surface area contributed by atoms with E-state index in [-0.39, 0.29) is 40.1 Å².